The monoisotopic (exact) mass is 193 g/mol. The van der Waals surface area contributed by atoms with E-state index in [2.05, 4.69) is 15.5 Å². The predicted octanol–water partition coefficient (Wildman–Crippen LogP) is 1.36. The molecule has 1 atom stereocenters. The molecule has 0 bridgehead atoms. The lowest BCUT2D eigenvalue weighted by Gasteiger charge is -2.21. The van der Waals surface area contributed by atoms with Gasteiger partial charge in [0.2, 0.25) is 0 Å². The minimum absolute atomic E-state index is 0.231. The normalized spacial score (nSPS) is 18.5. The molecule has 2 rings (SSSR count). The summed E-state index contributed by atoms with van der Waals surface area (Å²) >= 11 is 0. The zero-order valence-electron chi connectivity index (χ0n) is 8.29. The molecule has 2 N–H and O–H groups in total. The molecule has 0 fully saturated rings. The fourth-order valence-electron chi connectivity index (χ4n) is 1.78. The first-order valence-electron chi connectivity index (χ1n) is 4.88. The Kier molecular flexibility index (Phi) is 2.84. The van der Waals surface area contributed by atoms with Gasteiger partial charge in [-0.05, 0) is 25.5 Å². The van der Waals surface area contributed by atoms with E-state index in [1.54, 1.807) is 0 Å². The van der Waals surface area contributed by atoms with E-state index in [4.69, 9.17) is 4.74 Å². The molecular weight excluding hydrogens is 178 g/mol. The lowest BCUT2D eigenvalue weighted by Crippen LogP contribution is -2.20. The Morgan fingerprint density at radius 2 is 2.57 bits per heavy atom. The Bertz CT molecular complexity index is 305. The quantitative estimate of drug-likeness (QED) is 0.762. The molecule has 0 aromatic carbocycles. The summed E-state index contributed by atoms with van der Waals surface area (Å²) < 4.78 is 5.33. The maximum absolute atomic E-state index is 5.33. The van der Waals surface area contributed by atoms with Gasteiger partial charge in [0.1, 0.15) is 0 Å². The maximum atomic E-state index is 5.33. The van der Waals surface area contributed by atoms with Crippen molar-refractivity contribution in [2.75, 3.05) is 13.7 Å². The Hall–Kier alpha value is -1.29. The zero-order chi connectivity index (χ0) is 9.80. The van der Waals surface area contributed by atoms with Crippen LogP contribution in [0.25, 0.3) is 0 Å². The van der Waals surface area contributed by atoms with Crippen LogP contribution in [-0.2, 0) is 4.74 Å². The van der Waals surface area contributed by atoms with E-state index in [-0.39, 0.29) is 6.04 Å². The Labute approximate surface area is 83.4 Å². The number of hydrogen-bond donors (Lipinski definition) is 2. The van der Waals surface area contributed by atoms with Crippen LogP contribution in [0.4, 0.5) is 0 Å². The molecule has 1 aromatic rings. The van der Waals surface area contributed by atoms with Gasteiger partial charge < -0.3 is 10.1 Å². The van der Waals surface area contributed by atoms with Crippen LogP contribution in [0.15, 0.2) is 24.2 Å². The molecule has 0 saturated heterocycles. The van der Waals surface area contributed by atoms with Crippen molar-refractivity contribution in [3.8, 4) is 0 Å². The van der Waals surface area contributed by atoms with Gasteiger partial charge in [-0.1, -0.05) is 0 Å². The second kappa shape index (κ2) is 4.28. The predicted molar refractivity (Wildman–Crippen MR) is 53.7 cm³/mol. The number of H-pyrrole nitrogens is 1. The van der Waals surface area contributed by atoms with Crippen molar-refractivity contribution in [1.82, 2.24) is 15.5 Å². The minimum atomic E-state index is 0.231. The molecule has 1 unspecified atom stereocenters. The van der Waals surface area contributed by atoms with Crippen molar-refractivity contribution in [2.24, 2.45) is 0 Å². The summed E-state index contributed by atoms with van der Waals surface area (Å²) in [5, 5.41) is 10.0. The number of aromatic nitrogens is 2. The Balaban J connectivity index is 2.16. The third-order valence-electron chi connectivity index (χ3n) is 2.47. The van der Waals surface area contributed by atoms with E-state index in [1.165, 1.54) is 5.57 Å². The van der Waals surface area contributed by atoms with Gasteiger partial charge in [-0.2, -0.15) is 5.10 Å². The van der Waals surface area contributed by atoms with Gasteiger partial charge in [-0.25, -0.2) is 0 Å². The van der Waals surface area contributed by atoms with Crippen LogP contribution >= 0.6 is 0 Å². The summed E-state index contributed by atoms with van der Waals surface area (Å²) in [4.78, 5) is 0. The first-order chi connectivity index (χ1) is 6.92. The molecule has 4 nitrogen and oxygen atoms in total. The van der Waals surface area contributed by atoms with E-state index in [9.17, 15) is 0 Å². The summed E-state index contributed by atoms with van der Waals surface area (Å²) in [6.45, 7) is 0.839. The zero-order valence-corrected chi connectivity index (χ0v) is 8.29. The van der Waals surface area contributed by atoms with Gasteiger partial charge in [0.15, 0.2) is 0 Å². The van der Waals surface area contributed by atoms with Gasteiger partial charge in [0.25, 0.3) is 0 Å². The lowest BCUT2D eigenvalue weighted by molar-refractivity contribution is 0.220. The van der Waals surface area contributed by atoms with Crippen molar-refractivity contribution in [3.05, 3.63) is 29.8 Å². The highest BCUT2D eigenvalue weighted by molar-refractivity contribution is 5.23. The van der Waals surface area contributed by atoms with Crippen LogP contribution in [0.3, 0.4) is 0 Å². The van der Waals surface area contributed by atoms with E-state index < -0.39 is 0 Å². The van der Waals surface area contributed by atoms with Crippen LogP contribution in [0.1, 0.15) is 24.4 Å². The van der Waals surface area contributed by atoms with Crippen LogP contribution in [0.5, 0.6) is 0 Å². The van der Waals surface area contributed by atoms with Crippen molar-refractivity contribution >= 4 is 0 Å². The smallest absolute Gasteiger partial charge is 0.0876 e. The first-order valence-corrected chi connectivity index (χ1v) is 4.88. The summed E-state index contributed by atoms with van der Waals surface area (Å²) in [6.07, 6.45) is 7.82. The minimum Gasteiger partial charge on any atom is -0.501 e. The van der Waals surface area contributed by atoms with Crippen LogP contribution in [0, 0.1) is 0 Å². The number of likely N-dealkylation sites (N-methyl/N-ethyl adjacent to an activating group) is 1. The van der Waals surface area contributed by atoms with Crippen LogP contribution in [-0.4, -0.2) is 23.9 Å². The Morgan fingerprint density at radius 3 is 3.14 bits per heavy atom. The summed E-state index contributed by atoms with van der Waals surface area (Å²) in [7, 11) is 1.95. The molecular formula is C10H15N3O. The molecule has 2 heterocycles. The third kappa shape index (κ3) is 1.80. The van der Waals surface area contributed by atoms with E-state index in [0.29, 0.717) is 0 Å². The maximum Gasteiger partial charge on any atom is 0.0876 e. The van der Waals surface area contributed by atoms with E-state index in [1.807, 2.05) is 25.7 Å². The average molecular weight is 193 g/mol. The van der Waals surface area contributed by atoms with Crippen molar-refractivity contribution in [3.63, 3.8) is 0 Å². The molecule has 1 aromatic heterocycles. The summed E-state index contributed by atoms with van der Waals surface area (Å²) in [5.74, 6) is 0. The molecule has 0 saturated carbocycles. The van der Waals surface area contributed by atoms with Crippen molar-refractivity contribution in [2.45, 2.75) is 18.9 Å². The standard InChI is InChI=1S/C10H15N3O/c1-11-10(9-5-12-13-6-9)8-3-2-4-14-7-8/h5-7,10-11H,2-4H2,1H3,(H,12,13). The highest BCUT2D eigenvalue weighted by Crippen LogP contribution is 2.26. The second-order valence-electron chi connectivity index (χ2n) is 3.42. The SMILES string of the molecule is CNC(C1=COCCC1)c1cn[nH]c1. The topological polar surface area (TPSA) is 49.9 Å². The average Bonchev–Trinajstić information content (AvgIpc) is 2.74. The van der Waals surface area contributed by atoms with Gasteiger partial charge >= 0.3 is 0 Å². The fraction of sp³-hybridized carbons (Fsp3) is 0.500. The van der Waals surface area contributed by atoms with Crippen LogP contribution < -0.4 is 5.32 Å². The highest BCUT2D eigenvalue weighted by atomic mass is 16.5. The number of nitrogens with one attached hydrogen (secondary N) is 2. The molecule has 0 amide bonds. The number of nitrogens with zero attached hydrogens (tertiary/aromatic N) is 1. The van der Waals surface area contributed by atoms with Gasteiger partial charge in [-0.15, -0.1) is 0 Å². The van der Waals surface area contributed by atoms with E-state index in [0.717, 1.165) is 25.0 Å². The molecule has 76 valence electrons. The molecule has 4 heteroatoms. The number of aromatic amines is 1. The lowest BCUT2D eigenvalue weighted by atomic mass is 9.98. The molecule has 0 radical (unpaired) electrons. The van der Waals surface area contributed by atoms with Crippen LogP contribution in [0.2, 0.25) is 0 Å². The Morgan fingerprint density at radius 1 is 1.64 bits per heavy atom. The number of rotatable bonds is 3. The summed E-state index contributed by atoms with van der Waals surface area (Å²) in [5.41, 5.74) is 2.45. The highest BCUT2D eigenvalue weighted by Gasteiger charge is 2.17. The third-order valence-corrected chi connectivity index (χ3v) is 2.47. The molecule has 0 aliphatic carbocycles. The van der Waals surface area contributed by atoms with Gasteiger partial charge in [-0.3, -0.25) is 5.10 Å². The van der Waals surface area contributed by atoms with Gasteiger partial charge in [0, 0.05) is 11.8 Å². The second-order valence-corrected chi connectivity index (χ2v) is 3.42. The molecule has 1 aliphatic rings. The number of hydrogen-bond acceptors (Lipinski definition) is 3. The molecule has 1 aliphatic heterocycles. The first kappa shape index (κ1) is 9.27. The largest absolute Gasteiger partial charge is 0.501 e. The van der Waals surface area contributed by atoms with E-state index >= 15 is 0 Å². The summed E-state index contributed by atoms with van der Waals surface area (Å²) in [6, 6.07) is 0.231. The van der Waals surface area contributed by atoms with Gasteiger partial charge in [0.05, 0.1) is 25.1 Å². The number of ether oxygens (including phenoxy) is 1. The fourth-order valence-corrected chi connectivity index (χ4v) is 1.78. The van der Waals surface area contributed by atoms with Crippen molar-refractivity contribution in [1.29, 1.82) is 0 Å². The van der Waals surface area contributed by atoms with Crippen molar-refractivity contribution < 1.29 is 4.74 Å². The molecule has 0 spiro atoms. The molecule has 14 heavy (non-hydrogen) atoms.